The molecule has 0 amide bonds. The minimum atomic E-state index is -0.333. The lowest BCUT2D eigenvalue weighted by molar-refractivity contribution is 0.457. The topological polar surface area (TPSA) is 8.17 Å². The number of fused-ring (bicyclic) bond motifs is 6. The smallest absolute Gasteiger partial charge is 0.0543 e. The minimum absolute atomic E-state index is 0.271. The van der Waals surface area contributed by atoms with Crippen molar-refractivity contribution in [1.29, 1.82) is 0 Å². The lowest BCUT2D eigenvalue weighted by Gasteiger charge is -2.40. The molecule has 1 aromatic heterocycles. The quantitative estimate of drug-likeness (QED) is 0.174. The second-order valence-corrected chi connectivity index (χ2v) is 13.6. The molecule has 0 N–H and O–H groups in total. The number of hydrogen-bond acceptors (Lipinski definition) is 1. The molecule has 0 saturated heterocycles. The maximum Gasteiger partial charge on any atom is 0.0543 e. The summed E-state index contributed by atoms with van der Waals surface area (Å²) >= 11 is 0. The zero-order valence-electron chi connectivity index (χ0n) is 28.2. The first-order valence-corrected chi connectivity index (χ1v) is 17.9. The summed E-state index contributed by atoms with van der Waals surface area (Å²) in [6.45, 7) is 0. The van der Waals surface area contributed by atoms with Crippen LogP contribution in [0.1, 0.15) is 23.1 Å². The van der Waals surface area contributed by atoms with Crippen LogP contribution < -0.4 is 4.90 Å². The summed E-state index contributed by atoms with van der Waals surface area (Å²) < 4.78 is 2.39. The Balaban J connectivity index is 1.26. The van der Waals surface area contributed by atoms with E-state index in [1.807, 2.05) is 0 Å². The summed E-state index contributed by atoms with van der Waals surface area (Å²) in [5, 5.41) is 2.48. The zero-order valence-corrected chi connectivity index (χ0v) is 28.2. The fourth-order valence-electron chi connectivity index (χ4n) is 9.02. The van der Waals surface area contributed by atoms with E-state index in [4.69, 9.17) is 0 Å². The summed E-state index contributed by atoms with van der Waals surface area (Å²) in [6.07, 6.45) is 10.2. The number of benzene rings is 7. The molecule has 2 nitrogen and oxygen atoms in total. The SMILES string of the molecule is C1=CCC(C2(c3ccccc3)c3ccccc3-c3c(N(c4ccccc4)c4ccc5c(c4)c4ccccc4n5-c4ccccc4)cccc32)C=C1. The van der Waals surface area contributed by atoms with Crippen molar-refractivity contribution in [1.82, 2.24) is 4.57 Å². The third kappa shape index (κ3) is 4.43. The second-order valence-electron chi connectivity index (χ2n) is 13.6. The highest BCUT2D eigenvalue weighted by molar-refractivity contribution is 6.11. The van der Waals surface area contributed by atoms with Crippen LogP contribution in [0.25, 0.3) is 38.6 Å². The minimum Gasteiger partial charge on any atom is -0.310 e. The van der Waals surface area contributed by atoms with Gasteiger partial charge in [-0.05, 0) is 89.2 Å². The molecule has 0 aliphatic heterocycles. The predicted molar refractivity (Wildman–Crippen MR) is 214 cm³/mol. The van der Waals surface area contributed by atoms with Gasteiger partial charge in [0.1, 0.15) is 0 Å². The summed E-state index contributed by atoms with van der Waals surface area (Å²) in [7, 11) is 0. The average molecular weight is 653 g/mol. The largest absolute Gasteiger partial charge is 0.310 e. The van der Waals surface area contributed by atoms with Gasteiger partial charge in [0.2, 0.25) is 0 Å². The molecule has 242 valence electrons. The van der Waals surface area contributed by atoms with E-state index in [9.17, 15) is 0 Å². The van der Waals surface area contributed by atoms with Gasteiger partial charge in [0.05, 0.1) is 22.1 Å². The maximum atomic E-state index is 2.47. The van der Waals surface area contributed by atoms with Gasteiger partial charge in [-0.15, -0.1) is 0 Å². The molecule has 0 spiro atoms. The molecule has 2 aliphatic rings. The molecule has 2 heteroatoms. The Kier molecular flexibility index (Phi) is 6.89. The summed E-state index contributed by atoms with van der Waals surface area (Å²) in [6, 6.07) is 64.6. The van der Waals surface area contributed by atoms with Crippen LogP contribution in [0.2, 0.25) is 0 Å². The van der Waals surface area contributed by atoms with E-state index in [0.29, 0.717) is 0 Å². The van der Waals surface area contributed by atoms with Gasteiger partial charge in [0, 0.05) is 33.4 Å². The Labute approximate surface area is 298 Å². The van der Waals surface area contributed by atoms with E-state index >= 15 is 0 Å². The molecule has 0 radical (unpaired) electrons. The average Bonchev–Trinajstić information content (AvgIpc) is 3.71. The van der Waals surface area contributed by atoms with Crippen molar-refractivity contribution >= 4 is 38.9 Å². The third-order valence-electron chi connectivity index (χ3n) is 11.0. The van der Waals surface area contributed by atoms with E-state index in [1.54, 1.807) is 0 Å². The van der Waals surface area contributed by atoms with Crippen LogP contribution in [0.5, 0.6) is 0 Å². The van der Waals surface area contributed by atoms with Crippen LogP contribution in [-0.4, -0.2) is 4.57 Å². The first-order valence-electron chi connectivity index (χ1n) is 17.9. The molecular formula is C49H36N2. The maximum absolute atomic E-state index is 2.47. The highest BCUT2D eigenvalue weighted by atomic mass is 15.1. The first kappa shape index (κ1) is 29.5. The molecule has 10 rings (SSSR count). The number of nitrogens with zero attached hydrogens (tertiary/aromatic N) is 2. The zero-order chi connectivity index (χ0) is 33.8. The second kappa shape index (κ2) is 11.9. The van der Waals surface area contributed by atoms with Crippen LogP contribution >= 0.6 is 0 Å². The van der Waals surface area contributed by atoms with Gasteiger partial charge in [-0.1, -0.05) is 146 Å². The first-order chi connectivity index (χ1) is 25.3. The molecule has 0 fully saturated rings. The summed E-state index contributed by atoms with van der Waals surface area (Å²) in [5.41, 5.74) is 13.4. The van der Waals surface area contributed by atoms with E-state index < -0.39 is 0 Å². The third-order valence-corrected chi connectivity index (χ3v) is 11.0. The Morgan fingerprint density at radius 2 is 1.22 bits per heavy atom. The van der Waals surface area contributed by atoms with E-state index in [-0.39, 0.29) is 11.3 Å². The summed E-state index contributed by atoms with van der Waals surface area (Å²) in [5.74, 6) is 0.271. The lowest BCUT2D eigenvalue weighted by Crippen LogP contribution is -2.35. The Morgan fingerprint density at radius 1 is 0.529 bits per heavy atom. The monoisotopic (exact) mass is 652 g/mol. The van der Waals surface area contributed by atoms with Gasteiger partial charge in [-0.2, -0.15) is 0 Å². The number of rotatable bonds is 6. The van der Waals surface area contributed by atoms with Gasteiger partial charge in [-0.25, -0.2) is 0 Å². The number of anilines is 3. The van der Waals surface area contributed by atoms with E-state index in [2.05, 4.69) is 210 Å². The molecule has 2 aliphatic carbocycles. The fraction of sp³-hybridized carbons (Fsp3) is 0.0612. The molecular weight excluding hydrogens is 617 g/mol. The number of allylic oxidation sites excluding steroid dienone is 4. The fourth-order valence-corrected chi connectivity index (χ4v) is 9.02. The van der Waals surface area contributed by atoms with Crippen molar-refractivity contribution in [2.45, 2.75) is 11.8 Å². The molecule has 8 aromatic rings. The van der Waals surface area contributed by atoms with Crippen molar-refractivity contribution in [3.63, 3.8) is 0 Å². The highest BCUT2D eigenvalue weighted by Crippen LogP contribution is 2.60. The molecule has 0 bridgehead atoms. The van der Waals surface area contributed by atoms with Crippen molar-refractivity contribution in [3.05, 3.63) is 217 Å². The van der Waals surface area contributed by atoms with Crippen molar-refractivity contribution < 1.29 is 0 Å². The van der Waals surface area contributed by atoms with Gasteiger partial charge in [0.15, 0.2) is 0 Å². The van der Waals surface area contributed by atoms with E-state index in [0.717, 1.165) is 23.5 Å². The molecule has 2 atom stereocenters. The molecule has 0 saturated carbocycles. The number of aromatic nitrogens is 1. The predicted octanol–water partition coefficient (Wildman–Crippen LogP) is 12.7. The van der Waals surface area contributed by atoms with Crippen LogP contribution in [0.3, 0.4) is 0 Å². The van der Waals surface area contributed by atoms with Crippen molar-refractivity contribution in [3.8, 4) is 16.8 Å². The van der Waals surface area contributed by atoms with Crippen molar-refractivity contribution in [2.75, 3.05) is 4.90 Å². The normalized spacial score (nSPS) is 17.5. The lowest BCUT2D eigenvalue weighted by atomic mass is 9.62. The molecule has 2 unspecified atom stereocenters. The van der Waals surface area contributed by atoms with E-state index in [1.165, 1.54) is 55.3 Å². The van der Waals surface area contributed by atoms with Crippen LogP contribution in [-0.2, 0) is 5.41 Å². The summed E-state index contributed by atoms with van der Waals surface area (Å²) in [4.78, 5) is 2.47. The van der Waals surface area contributed by atoms with Crippen LogP contribution in [0, 0.1) is 5.92 Å². The van der Waals surface area contributed by atoms with Gasteiger partial charge in [0.25, 0.3) is 0 Å². The van der Waals surface area contributed by atoms with Gasteiger partial charge >= 0.3 is 0 Å². The van der Waals surface area contributed by atoms with Gasteiger partial charge < -0.3 is 9.47 Å². The highest BCUT2D eigenvalue weighted by Gasteiger charge is 2.50. The number of para-hydroxylation sites is 3. The molecule has 1 heterocycles. The Hall–Kier alpha value is -6.38. The Morgan fingerprint density at radius 3 is 2.02 bits per heavy atom. The molecule has 51 heavy (non-hydrogen) atoms. The Bertz CT molecular complexity index is 2610. The van der Waals surface area contributed by atoms with Crippen LogP contribution in [0.15, 0.2) is 200 Å². The molecule has 7 aromatic carbocycles. The standard InChI is InChI=1S/C49H36N2/c1-5-18-35(19-6-1)49(36-20-7-2-8-21-36)43-28-15-13-27-41(43)48-44(49)29-17-31-47(48)50(37-22-9-3-10-23-37)39-32-33-46-42(34-39)40-26-14-16-30-45(40)51(46)38-24-11-4-12-25-38/h1-20,22-34,36H,21H2. The van der Waals surface area contributed by atoms with Crippen LogP contribution in [0.4, 0.5) is 17.1 Å². The van der Waals surface area contributed by atoms with Crippen molar-refractivity contribution in [2.24, 2.45) is 5.92 Å². The number of hydrogen-bond donors (Lipinski definition) is 0. The van der Waals surface area contributed by atoms with Gasteiger partial charge in [-0.3, -0.25) is 0 Å².